The molecule has 1 aliphatic carbocycles. The standard InChI is InChI=1S/C23H34N4O4/c1-14(2)22-26-13-19(27-22)20-18(25-12-15-5-7-16(31-4)8-6-15)11-17(21(20)28)23(29)24-9-10-30-3/h5-8,13-14,17-18,20-21,25,28H,9-12H2,1-4H3,(H,24,29)(H,26,27)/t17-,18+,20+,21+/m0/s1. The average molecular weight is 431 g/mol. The second kappa shape index (κ2) is 10.7. The number of carbonyl (C=O) groups excluding carboxylic acids is 1. The number of rotatable bonds is 10. The summed E-state index contributed by atoms with van der Waals surface area (Å²) in [6, 6.07) is 7.79. The molecule has 0 bridgehead atoms. The minimum Gasteiger partial charge on any atom is -0.497 e. The minimum atomic E-state index is -0.809. The summed E-state index contributed by atoms with van der Waals surface area (Å²) in [6.07, 6.45) is 1.52. The van der Waals surface area contributed by atoms with Crippen LogP contribution in [-0.2, 0) is 16.1 Å². The Bertz CT molecular complexity index is 836. The number of benzene rings is 1. The fourth-order valence-electron chi connectivity index (χ4n) is 4.14. The molecule has 0 radical (unpaired) electrons. The molecule has 1 fully saturated rings. The Kier molecular flexibility index (Phi) is 8.06. The molecule has 8 nitrogen and oxygen atoms in total. The van der Waals surface area contributed by atoms with Gasteiger partial charge in [0.2, 0.25) is 5.91 Å². The summed E-state index contributed by atoms with van der Waals surface area (Å²) < 4.78 is 10.2. The van der Waals surface area contributed by atoms with Crippen molar-refractivity contribution in [3.8, 4) is 5.75 Å². The lowest BCUT2D eigenvalue weighted by Gasteiger charge is -2.22. The van der Waals surface area contributed by atoms with Gasteiger partial charge in [0.05, 0.1) is 25.7 Å². The van der Waals surface area contributed by atoms with Crippen LogP contribution in [-0.4, -0.2) is 60.5 Å². The third kappa shape index (κ3) is 5.64. The molecular weight excluding hydrogens is 396 g/mol. The molecule has 170 valence electrons. The van der Waals surface area contributed by atoms with Gasteiger partial charge in [-0.2, -0.15) is 0 Å². The van der Waals surface area contributed by atoms with Gasteiger partial charge in [-0.25, -0.2) is 4.98 Å². The molecule has 0 saturated heterocycles. The van der Waals surface area contributed by atoms with Gasteiger partial charge in [0.25, 0.3) is 0 Å². The molecule has 0 unspecified atom stereocenters. The molecule has 1 aromatic carbocycles. The van der Waals surface area contributed by atoms with Crippen molar-refractivity contribution in [2.24, 2.45) is 5.92 Å². The first-order valence-corrected chi connectivity index (χ1v) is 10.8. The summed E-state index contributed by atoms with van der Waals surface area (Å²) in [6.45, 7) is 5.63. The van der Waals surface area contributed by atoms with Crippen LogP contribution in [0.25, 0.3) is 0 Å². The summed E-state index contributed by atoms with van der Waals surface area (Å²) in [4.78, 5) is 20.5. The Hall–Kier alpha value is -2.42. The highest BCUT2D eigenvalue weighted by atomic mass is 16.5. The molecule has 0 aliphatic heterocycles. The molecule has 3 rings (SSSR count). The van der Waals surface area contributed by atoms with Crippen molar-refractivity contribution in [3.05, 3.63) is 47.5 Å². The number of hydrogen-bond acceptors (Lipinski definition) is 6. The second-order valence-corrected chi connectivity index (χ2v) is 8.36. The molecule has 1 heterocycles. The monoisotopic (exact) mass is 430 g/mol. The normalized spacial score (nSPS) is 23.3. The van der Waals surface area contributed by atoms with Crippen LogP contribution in [0, 0.1) is 5.92 Å². The minimum absolute atomic E-state index is 0.0734. The summed E-state index contributed by atoms with van der Waals surface area (Å²) in [5, 5.41) is 17.5. The van der Waals surface area contributed by atoms with Crippen molar-refractivity contribution in [1.29, 1.82) is 0 Å². The van der Waals surface area contributed by atoms with Crippen molar-refractivity contribution in [2.45, 2.75) is 50.8 Å². The second-order valence-electron chi connectivity index (χ2n) is 8.36. The van der Waals surface area contributed by atoms with Crippen molar-refractivity contribution in [2.75, 3.05) is 27.4 Å². The Balaban J connectivity index is 1.75. The maximum Gasteiger partial charge on any atom is 0.225 e. The molecule has 0 spiro atoms. The highest BCUT2D eigenvalue weighted by molar-refractivity contribution is 5.80. The number of hydrogen-bond donors (Lipinski definition) is 4. The number of imidazole rings is 1. The maximum absolute atomic E-state index is 12.7. The van der Waals surface area contributed by atoms with E-state index in [1.54, 1.807) is 20.4 Å². The van der Waals surface area contributed by atoms with Gasteiger partial charge in [-0.1, -0.05) is 26.0 Å². The number of methoxy groups -OCH3 is 2. The van der Waals surface area contributed by atoms with E-state index in [0.29, 0.717) is 26.1 Å². The Morgan fingerprint density at radius 2 is 2.03 bits per heavy atom. The van der Waals surface area contributed by atoms with Gasteiger partial charge in [-0.05, 0) is 24.1 Å². The van der Waals surface area contributed by atoms with Crippen LogP contribution in [0.5, 0.6) is 5.75 Å². The van der Waals surface area contributed by atoms with Gasteiger partial charge in [-0.15, -0.1) is 0 Å². The number of aromatic nitrogens is 2. The van der Waals surface area contributed by atoms with Crippen LogP contribution >= 0.6 is 0 Å². The van der Waals surface area contributed by atoms with E-state index in [9.17, 15) is 9.90 Å². The number of H-pyrrole nitrogens is 1. The van der Waals surface area contributed by atoms with E-state index in [-0.39, 0.29) is 23.8 Å². The summed E-state index contributed by atoms with van der Waals surface area (Å²) in [5.41, 5.74) is 1.96. The lowest BCUT2D eigenvalue weighted by Crippen LogP contribution is -2.37. The zero-order chi connectivity index (χ0) is 22.4. The fraction of sp³-hybridized carbons (Fsp3) is 0.565. The van der Waals surface area contributed by atoms with Gasteiger partial charge in [0.15, 0.2) is 0 Å². The Morgan fingerprint density at radius 1 is 1.29 bits per heavy atom. The first-order valence-electron chi connectivity index (χ1n) is 10.8. The van der Waals surface area contributed by atoms with Crippen molar-refractivity contribution >= 4 is 5.91 Å². The van der Waals surface area contributed by atoms with Crippen LogP contribution in [0.2, 0.25) is 0 Å². The van der Waals surface area contributed by atoms with E-state index >= 15 is 0 Å². The van der Waals surface area contributed by atoms with E-state index in [1.807, 2.05) is 24.3 Å². The van der Waals surface area contributed by atoms with E-state index in [2.05, 4.69) is 34.4 Å². The van der Waals surface area contributed by atoms with Crippen LogP contribution in [0.15, 0.2) is 30.5 Å². The van der Waals surface area contributed by atoms with Crippen molar-refractivity contribution < 1.29 is 19.4 Å². The summed E-state index contributed by atoms with van der Waals surface area (Å²) in [5.74, 6) is 1.05. The quantitative estimate of drug-likeness (QED) is 0.429. The highest BCUT2D eigenvalue weighted by Crippen LogP contribution is 2.39. The Morgan fingerprint density at radius 3 is 2.65 bits per heavy atom. The zero-order valence-electron chi connectivity index (χ0n) is 18.7. The van der Waals surface area contributed by atoms with Crippen LogP contribution in [0.4, 0.5) is 0 Å². The largest absolute Gasteiger partial charge is 0.497 e. The number of ether oxygens (including phenoxy) is 2. The van der Waals surface area contributed by atoms with E-state index in [1.165, 1.54) is 0 Å². The molecule has 4 N–H and O–H groups in total. The number of aliphatic hydroxyl groups is 1. The van der Waals surface area contributed by atoms with Gasteiger partial charge in [0, 0.05) is 50.0 Å². The highest BCUT2D eigenvalue weighted by Gasteiger charge is 2.47. The lowest BCUT2D eigenvalue weighted by molar-refractivity contribution is -0.127. The number of aromatic amines is 1. The van der Waals surface area contributed by atoms with Crippen LogP contribution in [0.3, 0.4) is 0 Å². The van der Waals surface area contributed by atoms with Gasteiger partial charge >= 0.3 is 0 Å². The first kappa shape index (κ1) is 23.2. The number of amides is 1. The SMILES string of the molecule is COCCNC(=O)[C@H]1C[C@@H](NCc2ccc(OC)cc2)[C@H](c2cnc(C(C)C)[nH]2)[C@@H]1O. The number of aliphatic hydroxyl groups excluding tert-OH is 1. The van der Waals surface area contributed by atoms with Crippen molar-refractivity contribution in [1.82, 2.24) is 20.6 Å². The van der Waals surface area contributed by atoms with Crippen molar-refractivity contribution in [3.63, 3.8) is 0 Å². The summed E-state index contributed by atoms with van der Waals surface area (Å²) in [7, 11) is 3.24. The molecular formula is C23H34N4O4. The van der Waals surface area contributed by atoms with Crippen LogP contribution < -0.4 is 15.4 Å². The van der Waals surface area contributed by atoms with Crippen LogP contribution in [0.1, 0.15) is 49.2 Å². The van der Waals surface area contributed by atoms with Gasteiger partial charge in [-0.3, -0.25) is 4.79 Å². The first-order chi connectivity index (χ1) is 14.9. The Labute approximate surface area is 183 Å². The molecule has 1 aliphatic rings. The molecule has 2 aromatic rings. The smallest absolute Gasteiger partial charge is 0.225 e. The lowest BCUT2D eigenvalue weighted by atomic mass is 9.96. The third-order valence-corrected chi connectivity index (χ3v) is 5.91. The van der Waals surface area contributed by atoms with E-state index in [4.69, 9.17) is 9.47 Å². The molecule has 1 amide bonds. The predicted molar refractivity (Wildman–Crippen MR) is 118 cm³/mol. The molecule has 1 aromatic heterocycles. The third-order valence-electron chi connectivity index (χ3n) is 5.91. The zero-order valence-corrected chi connectivity index (χ0v) is 18.7. The van der Waals surface area contributed by atoms with E-state index < -0.39 is 12.0 Å². The average Bonchev–Trinajstić information content (AvgIpc) is 3.37. The van der Waals surface area contributed by atoms with Gasteiger partial charge in [0.1, 0.15) is 11.6 Å². The van der Waals surface area contributed by atoms with Gasteiger partial charge < -0.3 is 30.2 Å². The molecule has 1 saturated carbocycles. The topological polar surface area (TPSA) is 109 Å². The summed E-state index contributed by atoms with van der Waals surface area (Å²) >= 11 is 0. The predicted octanol–water partition coefficient (Wildman–Crippen LogP) is 1.93. The molecule has 31 heavy (non-hydrogen) atoms. The fourth-order valence-corrected chi connectivity index (χ4v) is 4.14. The number of carbonyl (C=O) groups is 1. The number of nitrogens with zero attached hydrogens (tertiary/aromatic N) is 1. The molecule has 4 atom stereocenters. The maximum atomic E-state index is 12.7. The number of nitrogens with one attached hydrogen (secondary N) is 3. The molecule has 8 heteroatoms. The van der Waals surface area contributed by atoms with E-state index in [0.717, 1.165) is 22.8 Å².